The van der Waals surface area contributed by atoms with Crippen LogP contribution in [0.3, 0.4) is 0 Å². The number of benzene rings is 1. The van der Waals surface area contributed by atoms with E-state index < -0.39 is 10.8 Å². The van der Waals surface area contributed by atoms with Gasteiger partial charge in [0.2, 0.25) is 0 Å². The molecule has 21 heavy (non-hydrogen) atoms. The van der Waals surface area contributed by atoms with Gasteiger partial charge in [-0.25, -0.2) is 4.98 Å². The fourth-order valence-corrected chi connectivity index (χ4v) is 2.28. The summed E-state index contributed by atoms with van der Waals surface area (Å²) in [5.41, 5.74) is 1.15. The van der Waals surface area contributed by atoms with Crippen LogP contribution < -0.4 is 5.32 Å². The van der Waals surface area contributed by atoms with E-state index in [9.17, 15) is 14.9 Å². The Labute approximate surface area is 133 Å². The van der Waals surface area contributed by atoms with Gasteiger partial charge in [-0.1, -0.05) is 27.5 Å². The molecule has 0 radical (unpaired) electrons. The maximum Gasteiger partial charge on any atom is 0.271 e. The van der Waals surface area contributed by atoms with E-state index >= 15 is 0 Å². The van der Waals surface area contributed by atoms with Crippen molar-refractivity contribution in [3.05, 3.63) is 61.3 Å². The number of hydrogen-bond donors (Lipinski definition) is 1. The summed E-state index contributed by atoms with van der Waals surface area (Å²) < 4.78 is 0.440. The molecule has 1 amide bonds. The molecule has 6 nitrogen and oxygen atoms in total. The quantitative estimate of drug-likeness (QED) is 0.503. The number of hydrogen-bond acceptors (Lipinski definition) is 4. The number of rotatable bonds is 3. The van der Waals surface area contributed by atoms with Crippen LogP contribution in [0.15, 0.2) is 34.9 Å². The predicted octanol–water partition coefficient (Wildman–Crippen LogP) is 3.97. The number of nitrogens with zero attached hydrogens (tertiary/aromatic N) is 2. The molecule has 1 aromatic carbocycles. The van der Waals surface area contributed by atoms with Crippen molar-refractivity contribution in [3.63, 3.8) is 0 Å². The van der Waals surface area contributed by atoms with Gasteiger partial charge in [0.05, 0.1) is 10.6 Å². The third-order valence-corrected chi connectivity index (χ3v) is 3.34. The van der Waals surface area contributed by atoms with Gasteiger partial charge in [0.1, 0.15) is 0 Å². The molecule has 0 aliphatic carbocycles. The number of halogens is 2. The van der Waals surface area contributed by atoms with Crippen molar-refractivity contribution in [1.82, 2.24) is 4.98 Å². The van der Waals surface area contributed by atoms with E-state index in [1.807, 2.05) is 6.92 Å². The zero-order valence-corrected chi connectivity index (χ0v) is 13.1. The molecule has 1 heterocycles. The number of nitro groups is 1. The Morgan fingerprint density at radius 3 is 2.76 bits per heavy atom. The fraction of sp³-hybridized carbons (Fsp3) is 0.0769. The highest BCUT2D eigenvalue weighted by atomic mass is 79.9. The smallest absolute Gasteiger partial charge is 0.271 e. The third kappa shape index (κ3) is 3.77. The van der Waals surface area contributed by atoms with Gasteiger partial charge in [-0.05, 0) is 24.6 Å². The molecular formula is C13H9BrClN3O3. The van der Waals surface area contributed by atoms with Crippen molar-refractivity contribution in [1.29, 1.82) is 0 Å². The Balaban J connectivity index is 2.32. The van der Waals surface area contributed by atoms with Gasteiger partial charge < -0.3 is 5.32 Å². The van der Waals surface area contributed by atoms with Crippen LogP contribution in [-0.4, -0.2) is 15.8 Å². The first kappa shape index (κ1) is 15.4. The number of amides is 1. The van der Waals surface area contributed by atoms with Crippen molar-refractivity contribution >= 4 is 44.8 Å². The van der Waals surface area contributed by atoms with Gasteiger partial charge in [0, 0.05) is 28.4 Å². The fourth-order valence-electron chi connectivity index (χ4n) is 1.65. The lowest BCUT2D eigenvalue weighted by atomic mass is 10.2. The lowest BCUT2D eigenvalue weighted by Gasteiger charge is -2.08. The van der Waals surface area contributed by atoms with Gasteiger partial charge in [0.15, 0.2) is 5.15 Å². The molecule has 1 N–H and O–H groups in total. The van der Waals surface area contributed by atoms with Crippen molar-refractivity contribution in [2.75, 3.05) is 5.32 Å². The van der Waals surface area contributed by atoms with Gasteiger partial charge >= 0.3 is 0 Å². The molecule has 0 unspecified atom stereocenters. The van der Waals surface area contributed by atoms with Crippen LogP contribution in [0.5, 0.6) is 0 Å². The second-order valence-electron chi connectivity index (χ2n) is 4.26. The lowest BCUT2D eigenvalue weighted by molar-refractivity contribution is -0.384. The second kappa shape index (κ2) is 6.19. The molecule has 0 spiro atoms. The van der Waals surface area contributed by atoms with E-state index in [-0.39, 0.29) is 16.4 Å². The van der Waals surface area contributed by atoms with Crippen LogP contribution in [0.4, 0.5) is 11.4 Å². The first-order valence-electron chi connectivity index (χ1n) is 5.75. The number of carbonyl (C=O) groups excluding carboxylic acids is 1. The van der Waals surface area contributed by atoms with Gasteiger partial charge in [-0.2, -0.15) is 0 Å². The first-order chi connectivity index (χ1) is 9.86. The molecule has 8 heteroatoms. The van der Waals surface area contributed by atoms with E-state index in [0.717, 1.165) is 5.56 Å². The Kier molecular flexibility index (Phi) is 4.54. The minimum Gasteiger partial charge on any atom is -0.319 e. The summed E-state index contributed by atoms with van der Waals surface area (Å²) in [6, 6.07) is 5.66. The molecule has 108 valence electrons. The monoisotopic (exact) mass is 369 g/mol. The first-order valence-corrected chi connectivity index (χ1v) is 6.92. The summed E-state index contributed by atoms with van der Waals surface area (Å²) in [7, 11) is 0. The highest BCUT2D eigenvalue weighted by Gasteiger charge is 2.15. The van der Waals surface area contributed by atoms with E-state index in [2.05, 4.69) is 26.2 Å². The van der Waals surface area contributed by atoms with Crippen molar-refractivity contribution in [3.8, 4) is 0 Å². The van der Waals surface area contributed by atoms with Gasteiger partial charge in [-0.15, -0.1) is 0 Å². The third-order valence-electron chi connectivity index (χ3n) is 2.58. The molecule has 1 aromatic heterocycles. The summed E-state index contributed by atoms with van der Waals surface area (Å²) in [6.07, 6.45) is 1.57. The molecule has 2 aromatic rings. The van der Waals surface area contributed by atoms with Crippen LogP contribution in [0.2, 0.25) is 5.15 Å². The molecule has 0 atom stereocenters. The maximum atomic E-state index is 12.2. The summed E-state index contributed by atoms with van der Waals surface area (Å²) in [5.74, 6) is -0.506. The highest BCUT2D eigenvalue weighted by Crippen LogP contribution is 2.24. The summed E-state index contributed by atoms with van der Waals surface area (Å²) in [5, 5.41) is 13.5. The average molecular weight is 371 g/mol. The zero-order chi connectivity index (χ0) is 15.6. The van der Waals surface area contributed by atoms with Crippen LogP contribution in [-0.2, 0) is 0 Å². The van der Waals surface area contributed by atoms with E-state index in [1.54, 1.807) is 12.3 Å². The van der Waals surface area contributed by atoms with Crippen molar-refractivity contribution in [2.45, 2.75) is 6.92 Å². The Morgan fingerprint density at radius 2 is 2.10 bits per heavy atom. The van der Waals surface area contributed by atoms with Gasteiger partial charge in [-0.3, -0.25) is 14.9 Å². The normalized spacial score (nSPS) is 10.2. The summed E-state index contributed by atoms with van der Waals surface area (Å²) in [4.78, 5) is 26.3. The molecule has 0 aliphatic rings. The Bertz CT molecular complexity index is 737. The van der Waals surface area contributed by atoms with Crippen molar-refractivity contribution < 1.29 is 9.72 Å². The largest absolute Gasteiger partial charge is 0.319 e. The lowest BCUT2D eigenvalue weighted by Crippen LogP contribution is -2.13. The molecule has 2 rings (SSSR count). The summed E-state index contributed by atoms with van der Waals surface area (Å²) >= 11 is 9.04. The SMILES string of the molecule is Cc1cnc(Cl)c(NC(=O)c2cc(Br)cc([N+](=O)[O-])c2)c1. The average Bonchev–Trinajstić information content (AvgIpc) is 2.42. The van der Waals surface area contributed by atoms with Crippen LogP contribution in [0, 0.1) is 17.0 Å². The number of nitrogens with one attached hydrogen (secondary N) is 1. The molecule has 0 saturated heterocycles. The van der Waals surface area contributed by atoms with E-state index in [4.69, 9.17) is 11.6 Å². The Morgan fingerprint density at radius 1 is 1.38 bits per heavy atom. The maximum absolute atomic E-state index is 12.2. The van der Waals surface area contributed by atoms with Gasteiger partial charge in [0.25, 0.3) is 11.6 Å². The minimum absolute atomic E-state index is 0.147. The molecular weight excluding hydrogens is 362 g/mol. The van der Waals surface area contributed by atoms with Crippen molar-refractivity contribution in [2.24, 2.45) is 0 Å². The summed E-state index contributed by atoms with van der Waals surface area (Å²) in [6.45, 7) is 1.81. The number of nitro benzene ring substituents is 1. The number of pyridine rings is 1. The minimum atomic E-state index is -0.567. The number of carbonyl (C=O) groups is 1. The highest BCUT2D eigenvalue weighted by molar-refractivity contribution is 9.10. The number of anilines is 1. The molecule has 0 bridgehead atoms. The predicted molar refractivity (Wildman–Crippen MR) is 82.7 cm³/mol. The van der Waals surface area contributed by atoms with Crippen LogP contribution in [0.1, 0.15) is 15.9 Å². The molecule has 0 fully saturated rings. The van der Waals surface area contributed by atoms with Crippen LogP contribution in [0.25, 0.3) is 0 Å². The van der Waals surface area contributed by atoms with Crippen LogP contribution >= 0.6 is 27.5 Å². The number of aryl methyl sites for hydroxylation is 1. The molecule has 0 saturated carbocycles. The number of non-ortho nitro benzene ring substituents is 1. The number of aromatic nitrogens is 1. The Hall–Kier alpha value is -1.99. The molecule has 0 aliphatic heterocycles. The topological polar surface area (TPSA) is 85.1 Å². The zero-order valence-electron chi connectivity index (χ0n) is 10.8. The standard InChI is InChI=1S/C13H9BrClN3O3/c1-7-2-11(12(15)16-6-7)17-13(19)8-3-9(14)5-10(4-8)18(20)21/h2-6H,1H3,(H,17,19). The van der Waals surface area contributed by atoms with E-state index in [1.165, 1.54) is 18.2 Å². The van der Waals surface area contributed by atoms with E-state index in [0.29, 0.717) is 10.2 Å². The second-order valence-corrected chi connectivity index (χ2v) is 5.53.